The molecule has 7 aromatic carbocycles. The van der Waals surface area contributed by atoms with Gasteiger partial charge in [0, 0.05) is 33.8 Å². The van der Waals surface area contributed by atoms with E-state index < -0.39 is 0 Å². The highest BCUT2D eigenvalue weighted by Gasteiger charge is 2.48. The fourth-order valence-electron chi connectivity index (χ4n) is 12.2. The summed E-state index contributed by atoms with van der Waals surface area (Å²) in [6.07, 6.45) is 4.69. The van der Waals surface area contributed by atoms with Gasteiger partial charge in [0.25, 0.3) is 6.71 Å². The molecule has 3 heterocycles. The quantitative estimate of drug-likeness (QED) is 0.166. The van der Waals surface area contributed by atoms with Gasteiger partial charge < -0.3 is 14.2 Å². The average molecular weight is 821 g/mol. The van der Waals surface area contributed by atoms with E-state index in [4.69, 9.17) is 4.42 Å². The molecule has 3 nitrogen and oxygen atoms in total. The van der Waals surface area contributed by atoms with E-state index in [1.54, 1.807) is 0 Å². The van der Waals surface area contributed by atoms with Crippen molar-refractivity contribution in [3.63, 3.8) is 0 Å². The highest BCUT2D eigenvalue weighted by atomic mass is 16.3. The van der Waals surface area contributed by atoms with Crippen molar-refractivity contribution >= 4 is 79.2 Å². The van der Waals surface area contributed by atoms with Crippen LogP contribution < -0.4 is 26.2 Å². The number of nitrogens with zero attached hydrogens (tertiary/aromatic N) is 2. The molecule has 0 bridgehead atoms. The highest BCUT2D eigenvalue weighted by Crippen LogP contribution is 2.54. The number of anilines is 6. The van der Waals surface area contributed by atoms with E-state index in [9.17, 15) is 0 Å². The van der Waals surface area contributed by atoms with Gasteiger partial charge in [0.05, 0.1) is 11.1 Å². The first-order chi connectivity index (χ1) is 30.1. The summed E-state index contributed by atoms with van der Waals surface area (Å²) in [6, 6.07) is 51.0. The van der Waals surface area contributed by atoms with Crippen molar-refractivity contribution in [2.75, 3.05) is 9.80 Å². The van der Waals surface area contributed by atoms with E-state index in [2.05, 4.69) is 206 Å². The molecule has 0 spiro atoms. The molecule has 0 saturated heterocycles. The fourth-order valence-corrected chi connectivity index (χ4v) is 12.2. The predicted molar refractivity (Wildman–Crippen MR) is 268 cm³/mol. The Hall–Kier alpha value is -6.00. The fraction of sp³-hybridized carbons (Fsp3) is 0.288. The Bertz CT molecular complexity index is 3220. The largest absolute Gasteiger partial charge is 0.456 e. The maximum atomic E-state index is 6.73. The summed E-state index contributed by atoms with van der Waals surface area (Å²) in [6.45, 7) is 21.9. The SMILES string of the molecule is Cc1ccccc1N1c2cc(-c3ccccc3)cc3c2B(c2cc4c(cc2N3c2ccc3c(c2)C(C)(C)CCC3(C)C)C(C)(C)CCC4(C)C)c2ccc3oc4ccccc4c3c21. The molecule has 0 amide bonds. The summed E-state index contributed by atoms with van der Waals surface area (Å²) in [5.41, 5.74) is 23.2. The monoisotopic (exact) mass is 820 g/mol. The third-order valence-corrected chi connectivity index (χ3v) is 16.1. The summed E-state index contributed by atoms with van der Waals surface area (Å²) in [7, 11) is 0. The maximum absolute atomic E-state index is 6.73. The number of hydrogen-bond donors (Lipinski definition) is 0. The summed E-state index contributed by atoms with van der Waals surface area (Å²) >= 11 is 0. The molecular weight excluding hydrogens is 763 g/mol. The molecule has 4 heteroatoms. The number of para-hydroxylation sites is 2. The molecule has 0 atom stereocenters. The molecule has 8 aromatic rings. The molecule has 0 fully saturated rings. The van der Waals surface area contributed by atoms with Crippen LogP contribution in [0.5, 0.6) is 0 Å². The highest BCUT2D eigenvalue weighted by molar-refractivity contribution is 7.00. The van der Waals surface area contributed by atoms with Crippen molar-refractivity contribution in [2.24, 2.45) is 0 Å². The first-order valence-electron chi connectivity index (χ1n) is 23.3. The second-order valence-electron chi connectivity index (χ2n) is 21.9. The normalized spacial score (nSPS) is 18.4. The van der Waals surface area contributed by atoms with E-state index >= 15 is 0 Å². The van der Waals surface area contributed by atoms with Gasteiger partial charge >= 0.3 is 0 Å². The Morgan fingerprint density at radius 2 is 1.06 bits per heavy atom. The van der Waals surface area contributed by atoms with Crippen LogP contribution in [0, 0.1) is 6.92 Å². The van der Waals surface area contributed by atoms with Gasteiger partial charge in [-0.3, -0.25) is 0 Å². The van der Waals surface area contributed by atoms with Gasteiger partial charge in [-0.05, 0) is 158 Å². The molecule has 4 aliphatic rings. The molecule has 2 aliphatic carbocycles. The number of hydrogen-bond acceptors (Lipinski definition) is 3. The Labute approximate surface area is 373 Å². The lowest BCUT2D eigenvalue weighted by atomic mass is 9.33. The van der Waals surface area contributed by atoms with Gasteiger partial charge in [-0.25, -0.2) is 0 Å². The molecule has 0 radical (unpaired) electrons. The molecule has 0 saturated carbocycles. The Morgan fingerprint density at radius 3 is 1.78 bits per heavy atom. The lowest BCUT2D eigenvalue weighted by molar-refractivity contribution is 0.332. The minimum Gasteiger partial charge on any atom is -0.456 e. The van der Waals surface area contributed by atoms with E-state index in [0.29, 0.717) is 0 Å². The minimum absolute atomic E-state index is 0.0152. The molecular formula is C59H57BN2O. The number of fused-ring (bicyclic) bond motifs is 10. The number of aryl methyl sites for hydroxylation is 1. The van der Waals surface area contributed by atoms with E-state index in [1.165, 1.54) is 108 Å². The van der Waals surface area contributed by atoms with Crippen LogP contribution in [0.2, 0.25) is 0 Å². The van der Waals surface area contributed by atoms with Crippen molar-refractivity contribution in [1.29, 1.82) is 0 Å². The summed E-state index contributed by atoms with van der Waals surface area (Å²) in [4.78, 5) is 5.28. The first-order valence-corrected chi connectivity index (χ1v) is 23.3. The molecule has 63 heavy (non-hydrogen) atoms. The summed E-state index contributed by atoms with van der Waals surface area (Å²) in [5.74, 6) is 0. The molecule has 12 rings (SSSR count). The molecule has 1 aromatic heterocycles. The second-order valence-corrected chi connectivity index (χ2v) is 21.9. The first kappa shape index (κ1) is 38.7. The van der Waals surface area contributed by atoms with Crippen LogP contribution in [-0.4, -0.2) is 6.71 Å². The van der Waals surface area contributed by atoms with Crippen LogP contribution >= 0.6 is 0 Å². The second kappa shape index (κ2) is 13.0. The summed E-state index contributed by atoms with van der Waals surface area (Å²) in [5, 5.41) is 2.32. The lowest BCUT2D eigenvalue weighted by Crippen LogP contribution is -2.62. The molecule has 0 N–H and O–H groups in total. The molecule has 2 aliphatic heterocycles. The van der Waals surface area contributed by atoms with Gasteiger partial charge in [0.15, 0.2) is 0 Å². The minimum atomic E-state index is -0.0152. The third kappa shape index (κ3) is 5.52. The van der Waals surface area contributed by atoms with E-state index in [-0.39, 0.29) is 28.4 Å². The van der Waals surface area contributed by atoms with Crippen molar-refractivity contribution in [3.8, 4) is 11.1 Å². The Balaban J connectivity index is 1.26. The van der Waals surface area contributed by atoms with Crippen LogP contribution in [0.4, 0.5) is 34.1 Å². The van der Waals surface area contributed by atoms with Gasteiger partial charge in [0.1, 0.15) is 11.2 Å². The zero-order valence-electron chi connectivity index (χ0n) is 38.4. The van der Waals surface area contributed by atoms with E-state index in [0.717, 1.165) is 29.4 Å². The number of rotatable bonds is 3. The van der Waals surface area contributed by atoms with Gasteiger partial charge in [0.2, 0.25) is 0 Å². The van der Waals surface area contributed by atoms with Crippen LogP contribution in [-0.2, 0) is 21.7 Å². The third-order valence-electron chi connectivity index (χ3n) is 16.1. The Morgan fingerprint density at radius 1 is 0.460 bits per heavy atom. The van der Waals surface area contributed by atoms with Crippen molar-refractivity contribution in [3.05, 3.63) is 161 Å². The van der Waals surface area contributed by atoms with Crippen LogP contribution in [0.1, 0.15) is 109 Å². The van der Waals surface area contributed by atoms with E-state index in [1.807, 2.05) is 0 Å². The van der Waals surface area contributed by atoms with Crippen molar-refractivity contribution < 1.29 is 4.42 Å². The number of benzene rings is 7. The standard InChI is InChI=1S/C59H57BN2O/c1-36-17-13-15-21-47(36)62-50-32-38(37-18-11-10-12-19-37)31-49-54(50)60(45-25-26-52-53(55(45)62)40-20-14-16-22-51(40)63-52)46-34-43-44(59(8,9)30-29-58(43,6)7)35-48(46)61(49)39-23-24-41-42(33-39)57(4,5)28-27-56(41,2)3/h10-26,31-35H,27-30H2,1-9H3. The van der Waals surface area contributed by atoms with Gasteiger partial charge in [-0.2, -0.15) is 0 Å². The predicted octanol–water partition coefficient (Wildman–Crippen LogP) is 14.3. The van der Waals surface area contributed by atoms with Crippen LogP contribution in [0.25, 0.3) is 33.1 Å². The maximum Gasteiger partial charge on any atom is 0.252 e. The Kier molecular flexibility index (Phi) is 8.00. The molecule has 0 unspecified atom stereocenters. The molecule has 312 valence electrons. The lowest BCUT2D eigenvalue weighted by Gasteiger charge is -2.48. The van der Waals surface area contributed by atoms with Crippen molar-refractivity contribution in [1.82, 2.24) is 0 Å². The summed E-state index contributed by atoms with van der Waals surface area (Å²) < 4.78 is 6.73. The van der Waals surface area contributed by atoms with Crippen LogP contribution in [0.3, 0.4) is 0 Å². The van der Waals surface area contributed by atoms with Crippen LogP contribution in [0.15, 0.2) is 138 Å². The van der Waals surface area contributed by atoms with Gasteiger partial charge in [-0.15, -0.1) is 0 Å². The topological polar surface area (TPSA) is 19.6 Å². The smallest absolute Gasteiger partial charge is 0.252 e. The zero-order valence-corrected chi connectivity index (χ0v) is 38.4. The average Bonchev–Trinajstić information content (AvgIpc) is 3.66. The number of furan rings is 1. The van der Waals surface area contributed by atoms with Gasteiger partial charge in [-0.1, -0.05) is 140 Å². The zero-order chi connectivity index (χ0) is 43.4. The van der Waals surface area contributed by atoms with Crippen molar-refractivity contribution in [2.45, 2.75) is 110 Å².